The van der Waals surface area contributed by atoms with E-state index in [0.717, 1.165) is 50.0 Å². The number of nitrogens with zero attached hydrogens (tertiary/aromatic N) is 1. The largest absolute Gasteiger partial charge is 0.494 e. The molecule has 1 saturated heterocycles. The van der Waals surface area contributed by atoms with Crippen LogP contribution in [-0.2, 0) is 17.9 Å². The third-order valence-electron chi connectivity index (χ3n) is 5.44. The van der Waals surface area contributed by atoms with Crippen LogP contribution in [0.5, 0.6) is 5.75 Å². The molecule has 4 nitrogen and oxygen atoms in total. The van der Waals surface area contributed by atoms with Crippen molar-refractivity contribution in [3.05, 3.63) is 64.4 Å². The Balaban J connectivity index is 1.43. The topological polar surface area (TPSA) is 41.6 Å². The summed E-state index contributed by atoms with van der Waals surface area (Å²) in [5.74, 6) is 0.504. The van der Waals surface area contributed by atoms with E-state index >= 15 is 0 Å². The monoisotopic (exact) mass is 418 g/mol. The highest BCUT2D eigenvalue weighted by Crippen LogP contribution is 2.24. The molecule has 2 aromatic carbocycles. The minimum Gasteiger partial charge on any atom is -0.494 e. The van der Waals surface area contributed by atoms with Gasteiger partial charge >= 0.3 is 0 Å². The van der Waals surface area contributed by atoms with E-state index in [0.29, 0.717) is 23.9 Å². The van der Waals surface area contributed by atoms with E-state index in [4.69, 9.17) is 16.3 Å². The van der Waals surface area contributed by atoms with Crippen molar-refractivity contribution in [3.8, 4) is 5.75 Å². The van der Waals surface area contributed by atoms with Crippen LogP contribution in [0.3, 0.4) is 0 Å². The summed E-state index contributed by atoms with van der Waals surface area (Å²) in [6.45, 7) is 3.21. The Morgan fingerprint density at radius 2 is 2.14 bits per heavy atom. The van der Waals surface area contributed by atoms with Crippen molar-refractivity contribution < 1.29 is 13.9 Å². The molecule has 6 heteroatoms. The lowest BCUT2D eigenvalue weighted by molar-refractivity contribution is -0.121. The standard InChI is InChI=1S/C23H28ClFN2O2/c1-29-22-13-18(8-10-21(22)25)16-27-12-4-5-17(15-27)9-11-23(28)26-14-19-6-2-3-7-20(19)24/h2-3,6-8,10,13,17H,4-5,9,11-12,14-16H2,1H3,(H,26,28)/t17-/m1/s1. The average molecular weight is 419 g/mol. The van der Waals surface area contributed by atoms with Crippen molar-refractivity contribution in [1.29, 1.82) is 0 Å². The van der Waals surface area contributed by atoms with Gasteiger partial charge in [-0.3, -0.25) is 9.69 Å². The van der Waals surface area contributed by atoms with Gasteiger partial charge in [0, 0.05) is 31.1 Å². The first-order valence-electron chi connectivity index (χ1n) is 10.1. The Morgan fingerprint density at radius 3 is 2.93 bits per heavy atom. The zero-order chi connectivity index (χ0) is 20.6. The molecule has 0 aromatic heterocycles. The summed E-state index contributed by atoms with van der Waals surface area (Å²) >= 11 is 6.13. The fourth-order valence-electron chi connectivity index (χ4n) is 3.85. The molecule has 1 atom stereocenters. The number of amides is 1. The van der Waals surface area contributed by atoms with Crippen molar-refractivity contribution >= 4 is 17.5 Å². The minimum atomic E-state index is -0.337. The molecule has 0 spiro atoms. The SMILES string of the molecule is COc1cc(CN2CCC[C@H](CCC(=O)NCc3ccccc3Cl)C2)ccc1F. The van der Waals surface area contributed by atoms with E-state index in [1.54, 1.807) is 6.07 Å². The van der Waals surface area contributed by atoms with Crippen molar-refractivity contribution in [2.45, 2.75) is 38.8 Å². The molecule has 2 aromatic rings. The molecule has 0 saturated carbocycles. The Bertz CT molecular complexity index is 830. The minimum absolute atomic E-state index is 0.0605. The van der Waals surface area contributed by atoms with Gasteiger partial charge in [0.15, 0.2) is 11.6 Å². The van der Waals surface area contributed by atoms with Gasteiger partial charge in [0.1, 0.15) is 0 Å². The summed E-state index contributed by atoms with van der Waals surface area (Å²) in [6, 6.07) is 12.6. The van der Waals surface area contributed by atoms with Crippen LogP contribution in [0.25, 0.3) is 0 Å². The smallest absolute Gasteiger partial charge is 0.220 e. The lowest BCUT2D eigenvalue weighted by atomic mass is 9.93. The van der Waals surface area contributed by atoms with E-state index < -0.39 is 0 Å². The Hall–Kier alpha value is -2.11. The molecular formula is C23H28ClFN2O2. The van der Waals surface area contributed by atoms with Gasteiger partial charge in [0.05, 0.1) is 7.11 Å². The number of piperidine rings is 1. The normalized spacial score (nSPS) is 17.1. The van der Waals surface area contributed by atoms with Crippen molar-refractivity contribution in [2.24, 2.45) is 5.92 Å². The molecule has 1 heterocycles. The van der Waals surface area contributed by atoms with Crippen molar-refractivity contribution in [1.82, 2.24) is 10.2 Å². The molecule has 156 valence electrons. The first-order valence-corrected chi connectivity index (χ1v) is 10.5. The van der Waals surface area contributed by atoms with Crippen molar-refractivity contribution in [3.63, 3.8) is 0 Å². The zero-order valence-electron chi connectivity index (χ0n) is 16.8. The summed E-state index contributed by atoms with van der Waals surface area (Å²) in [6.07, 6.45) is 3.65. The number of nitrogens with one attached hydrogen (secondary N) is 1. The van der Waals surface area contributed by atoms with E-state index in [-0.39, 0.29) is 17.5 Å². The molecule has 1 fully saturated rings. The highest BCUT2D eigenvalue weighted by molar-refractivity contribution is 6.31. The Morgan fingerprint density at radius 1 is 1.31 bits per heavy atom. The maximum atomic E-state index is 13.6. The molecule has 1 N–H and O–H groups in total. The molecular weight excluding hydrogens is 391 g/mol. The second-order valence-electron chi connectivity index (χ2n) is 7.62. The van der Waals surface area contributed by atoms with Gasteiger partial charge in [-0.05, 0) is 61.1 Å². The van der Waals surface area contributed by atoms with E-state index in [2.05, 4.69) is 10.2 Å². The van der Waals surface area contributed by atoms with Crippen LogP contribution < -0.4 is 10.1 Å². The molecule has 1 aliphatic heterocycles. The fraction of sp³-hybridized carbons (Fsp3) is 0.435. The van der Waals surface area contributed by atoms with E-state index in [1.165, 1.54) is 13.2 Å². The van der Waals surface area contributed by atoms with Gasteiger partial charge in [-0.25, -0.2) is 4.39 Å². The number of carbonyl (C=O) groups is 1. The summed E-state index contributed by atoms with van der Waals surface area (Å²) in [4.78, 5) is 14.6. The number of hydrogen-bond donors (Lipinski definition) is 1. The molecule has 0 aliphatic carbocycles. The maximum Gasteiger partial charge on any atom is 0.220 e. The van der Waals surface area contributed by atoms with Gasteiger partial charge in [-0.2, -0.15) is 0 Å². The second-order valence-corrected chi connectivity index (χ2v) is 8.03. The van der Waals surface area contributed by atoms with Crippen LogP contribution in [0.1, 0.15) is 36.8 Å². The number of rotatable bonds is 8. The third kappa shape index (κ3) is 6.44. The van der Waals surface area contributed by atoms with Crippen LogP contribution in [0.15, 0.2) is 42.5 Å². The molecule has 1 aliphatic rings. The predicted octanol–water partition coefficient (Wildman–Crippen LogP) is 4.80. The van der Waals surface area contributed by atoms with Gasteiger partial charge in [-0.1, -0.05) is 35.9 Å². The first kappa shape index (κ1) is 21.6. The Labute approximate surface area is 177 Å². The van der Waals surface area contributed by atoms with Gasteiger partial charge in [-0.15, -0.1) is 0 Å². The van der Waals surface area contributed by atoms with Crippen LogP contribution in [0.4, 0.5) is 4.39 Å². The van der Waals surface area contributed by atoms with Crippen LogP contribution >= 0.6 is 11.6 Å². The molecule has 0 radical (unpaired) electrons. The molecule has 0 unspecified atom stereocenters. The number of likely N-dealkylation sites (tertiary alicyclic amines) is 1. The summed E-state index contributed by atoms with van der Waals surface area (Å²) < 4.78 is 18.7. The highest BCUT2D eigenvalue weighted by atomic mass is 35.5. The van der Waals surface area contributed by atoms with Crippen LogP contribution in [0.2, 0.25) is 5.02 Å². The third-order valence-corrected chi connectivity index (χ3v) is 5.81. The zero-order valence-corrected chi connectivity index (χ0v) is 17.6. The number of benzene rings is 2. The summed E-state index contributed by atoms with van der Waals surface area (Å²) in [7, 11) is 1.48. The number of halogens is 2. The second kappa shape index (κ2) is 10.6. The van der Waals surface area contributed by atoms with Gasteiger partial charge < -0.3 is 10.1 Å². The van der Waals surface area contributed by atoms with Gasteiger partial charge in [0.25, 0.3) is 0 Å². The van der Waals surface area contributed by atoms with Crippen LogP contribution in [-0.4, -0.2) is 31.0 Å². The lowest BCUT2D eigenvalue weighted by Crippen LogP contribution is -2.35. The van der Waals surface area contributed by atoms with Crippen molar-refractivity contribution in [2.75, 3.05) is 20.2 Å². The number of methoxy groups -OCH3 is 1. The lowest BCUT2D eigenvalue weighted by Gasteiger charge is -2.32. The summed E-state index contributed by atoms with van der Waals surface area (Å²) in [5, 5.41) is 3.64. The molecule has 29 heavy (non-hydrogen) atoms. The molecule has 1 amide bonds. The first-order chi connectivity index (χ1) is 14.0. The number of carbonyl (C=O) groups excluding carboxylic acids is 1. The van der Waals surface area contributed by atoms with E-state index in [9.17, 15) is 9.18 Å². The van der Waals surface area contributed by atoms with Gasteiger partial charge in [0.2, 0.25) is 5.91 Å². The molecule has 3 rings (SSSR count). The predicted molar refractivity (Wildman–Crippen MR) is 113 cm³/mol. The highest BCUT2D eigenvalue weighted by Gasteiger charge is 2.21. The average Bonchev–Trinajstić information content (AvgIpc) is 2.73. The maximum absolute atomic E-state index is 13.6. The molecule has 0 bridgehead atoms. The Kier molecular flexibility index (Phi) is 7.90. The quantitative estimate of drug-likeness (QED) is 0.669. The number of hydrogen-bond acceptors (Lipinski definition) is 3. The number of ether oxygens (including phenoxy) is 1. The van der Waals surface area contributed by atoms with E-state index in [1.807, 2.05) is 30.3 Å². The fourth-order valence-corrected chi connectivity index (χ4v) is 4.05. The summed E-state index contributed by atoms with van der Waals surface area (Å²) in [5.41, 5.74) is 1.97. The van der Waals surface area contributed by atoms with Crippen LogP contribution in [0, 0.1) is 11.7 Å².